The number of H-pyrrole nitrogens is 1. The highest BCUT2D eigenvalue weighted by Crippen LogP contribution is 2.32. The Morgan fingerprint density at radius 1 is 0.609 bits per heavy atom. The first-order valence-electron chi connectivity index (χ1n) is 19.8. The molecule has 64 heavy (non-hydrogen) atoms. The minimum atomic E-state index is -1.14. The molecule has 332 valence electrons. The zero-order valence-electron chi connectivity index (χ0n) is 34.7. The molecule has 2 aromatic carbocycles. The number of halogens is 3. The molecule has 8 aromatic heterocycles. The van der Waals surface area contributed by atoms with Gasteiger partial charge >= 0.3 is 0 Å². The summed E-state index contributed by atoms with van der Waals surface area (Å²) in [5.74, 6) is -0.527. The fraction of sp³-hybridized carbons (Fsp3) is 0.217. The number of fused-ring (bicyclic) bond motifs is 3. The molecule has 0 bridgehead atoms. The average molecular weight is 949 g/mol. The molecule has 18 heteroatoms. The molecule has 0 atom stereocenters. The molecule has 0 spiro atoms. The standard InChI is InChI=1S/C21H24FN5OSi.C15H10FN5.C6H4BrN3.C2H6.2CH4/c1-29(2,3)11-10-28-15-27-13-19(17-6-9-20-24-23-14-26(20)12-17)21(25-27)16-4-7-18(22)8-5-16;16-12-4-1-10(2-5-12)15-13(7-17-20-15)11-3-6-14-19-18-9-21(14)8-11;7-5-1-2-6-9-8-4-10(6)3-5;1-2;;/h4-9,12-14H,10-11,15H2,1-3H3;1-9H,(H,17,20);1-4H;1-2H3;2*1H4. The number of pyridine rings is 3. The van der Waals surface area contributed by atoms with Crippen LogP contribution in [0.2, 0.25) is 25.7 Å². The van der Waals surface area contributed by atoms with Crippen LogP contribution in [0.1, 0.15) is 28.7 Å². The highest BCUT2D eigenvalue weighted by Gasteiger charge is 2.16. The molecule has 0 saturated heterocycles. The molecule has 0 unspecified atom stereocenters. The fourth-order valence-corrected chi connectivity index (χ4v) is 7.28. The molecular weight excluding hydrogens is 897 g/mol. The third-order valence-corrected chi connectivity index (χ3v) is 11.5. The molecule has 0 aliphatic heterocycles. The highest BCUT2D eigenvalue weighted by molar-refractivity contribution is 9.10. The van der Waals surface area contributed by atoms with Crippen molar-refractivity contribution in [1.82, 2.24) is 63.8 Å². The molecule has 0 fully saturated rings. The van der Waals surface area contributed by atoms with E-state index < -0.39 is 8.07 Å². The summed E-state index contributed by atoms with van der Waals surface area (Å²) in [6.07, 6.45) is 14.5. The van der Waals surface area contributed by atoms with Crippen molar-refractivity contribution in [3.8, 4) is 44.8 Å². The van der Waals surface area contributed by atoms with Gasteiger partial charge in [0.2, 0.25) is 0 Å². The fourth-order valence-electron chi connectivity index (χ4n) is 6.17. The molecule has 1 N–H and O–H groups in total. The van der Waals surface area contributed by atoms with Gasteiger partial charge in [-0.1, -0.05) is 48.3 Å². The van der Waals surface area contributed by atoms with E-state index in [1.165, 1.54) is 24.3 Å². The monoisotopic (exact) mass is 947 g/mol. The van der Waals surface area contributed by atoms with E-state index in [2.05, 4.69) is 76.4 Å². The van der Waals surface area contributed by atoms with Gasteiger partial charge in [-0.15, -0.1) is 30.6 Å². The minimum absolute atomic E-state index is 0. The number of ether oxygens (including phenoxy) is 1. The lowest BCUT2D eigenvalue weighted by atomic mass is 10.0. The number of benzene rings is 2. The van der Waals surface area contributed by atoms with Gasteiger partial charge < -0.3 is 4.74 Å². The maximum atomic E-state index is 13.4. The zero-order chi connectivity index (χ0) is 43.6. The molecule has 0 aliphatic carbocycles. The van der Waals surface area contributed by atoms with Gasteiger partial charge in [-0.2, -0.15) is 10.2 Å². The maximum Gasteiger partial charge on any atom is 0.160 e. The van der Waals surface area contributed by atoms with Crippen molar-refractivity contribution < 1.29 is 13.5 Å². The Hall–Kier alpha value is -6.76. The lowest BCUT2D eigenvalue weighted by molar-refractivity contribution is 0.0788. The van der Waals surface area contributed by atoms with Crippen molar-refractivity contribution in [3.63, 3.8) is 0 Å². The summed E-state index contributed by atoms with van der Waals surface area (Å²) >= 11 is 3.34. The summed E-state index contributed by atoms with van der Waals surface area (Å²) in [4.78, 5) is 0. The number of nitrogens with one attached hydrogen (secondary N) is 1. The summed E-state index contributed by atoms with van der Waals surface area (Å²) in [5.41, 5.74) is 9.64. The molecule has 0 radical (unpaired) electrons. The largest absolute Gasteiger partial charge is 0.360 e. The van der Waals surface area contributed by atoms with E-state index in [9.17, 15) is 8.78 Å². The van der Waals surface area contributed by atoms with Crippen molar-refractivity contribution in [2.75, 3.05) is 6.61 Å². The van der Waals surface area contributed by atoms with Crippen LogP contribution in [0.3, 0.4) is 0 Å². The van der Waals surface area contributed by atoms with Crippen LogP contribution < -0.4 is 0 Å². The Labute approximate surface area is 380 Å². The maximum absolute atomic E-state index is 13.4. The first kappa shape index (κ1) is 48.3. The summed E-state index contributed by atoms with van der Waals surface area (Å²) < 4.78 is 40.7. The van der Waals surface area contributed by atoms with Crippen molar-refractivity contribution in [3.05, 3.63) is 151 Å². The van der Waals surface area contributed by atoms with Gasteiger partial charge in [-0.05, 0) is 107 Å². The molecule has 0 saturated carbocycles. The Balaban J connectivity index is 0.000000192. The summed E-state index contributed by atoms with van der Waals surface area (Å²) in [7, 11) is -1.14. The molecule has 0 aliphatic rings. The zero-order valence-corrected chi connectivity index (χ0v) is 37.3. The van der Waals surface area contributed by atoms with E-state index in [0.717, 1.165) is 78.8 Å². The normalized spacial score (nSPS) is 10.8. The van der Waals surface area contributed by atoms with Crippen molar-refractivity contribution in [2.45, 2.75) is 61.1 Å². The van der Waals surface area contributed by atoms with E-state index in [0.29, 0.717) is 6.73 Å². The molecule has 10 rings (SSSR count). The Morgan fingerprint density at radius 2 is 1.09 bits per heavy atom. The van der Waals surface area contributed by atoms with Crippen LogP contribution in [0.15, 0.2) is 139 Å². The van der Waals surface area contributed by atoms with Crippen LogP contribution >= 0.6 is 15.9 Å². The third kappa shape index (κ3) is 12.0. The summed E-state index contributed by atoms with van der Waals surface area (Å²) in [5, 5.41) is 35.2. The summed E-state index contributed by atoms with van der Waals surface area (Å²) in [6.45, 7) is 12.1. The van der Waals surface area contributed by atoms with Gasteiger partial charge in [-0.3, -0.25) is 18.3 Å². The minimum Gasteiger partial charge on any atom is -0.360 e. The van der Waals surface area contributed by atoms with Gasteiger partial charge in [0.15, 0.2) is 16.9 Å². The molecule has 0 amide bonds. The van der Waals surface area contributed by atoms with Gasteiger partial charge in [0.25, 0.3) is 0 Å². The number of aromatic nitrogens is 13. The van der Waals surface area contributed by atoms with Crippen molar-refractivity contribution >= 4 is 40.9 Å². The van der Waals surface area contributed by atoms with E-state index in [1.807, 2.05) is 88.2 Å². The van der Waals surface area contributed by atoms with Gasteiger partial charge in [-0.25, -0.2) is 13.5 Å². The molecule has 8 heterocycles. The number of nitrogens with zero attached hydrogens (tertiary/aromatic N) is 12. The first-order valence-corrected chi connectivity index (χ1v) is 24.3. The second-order valence-electron chi connectivity index (χ2n) is 14.9. The number of aromatic amines is 1. The van der Waals surface area contributed by atoms with Crippen LogP contribution in [0, 0.1) is 11.6 Å². The van der Waals surface area contributed by atoms with E-state index in [1.54, 1.807) is 54.1 Å². The smallest absolute Gasteiger partial charge is 0.160 e. The Bertz CT molecular complexity index is 2990. The number of hydrogen-bond donors (Lipinski definition) is 1. The van der Waals surface area contributed by atoms with Crippen LogP contribution in [-0.4, -0.2) is 78.5 Å². The lowest BCUT2D eigenvalue weighted by Crippen LogP contribution is -2.22. The van der Waals surface area contributed by atoms with Crippen LogP contribution in [0.25, 0.3) is 61.7 Å². The van der Waals surface area contributed by atoms with Gasteiger partial charge in [0, 0.05) is 77.3 Å². The predicted octanol–water partition coefficient (Wildman–Crippen LogP) is 11.4. The molecule has 14 nitrogen and oxygen atoms in total. The van der Waals surface area contributed by atoms with Crippen LogP contribution in [0.5, 0.6) is 0 Å². The lowest BCUT2D eigenvalue weighted by Gasteiger charge is -2.15. The SMILES string of the molecule is Brc1ccc2nncn2c1.C.C.CC.C[Si](C)(C)CCOCn1cc(-c2ccc3nncn3c2)c(-c2ccc(F)cc2)n1.Fc1ccc(-c2[nH]ncc2-c2ccc3nncn3c2)cc1. The van der Waals surface area contributed by atoms with Crippen molar-refractivity contribution in [1.29, 1.82) is 0 Å². The Morgan fingerprint density at radius 3 is 1.64 bits per heavy atom. The number of hydrogen-bond acceptors (Lipinski definition) is 9. The average Bonchev–Trinajstić information content (AvgIpc) is 4.14. The van der Waals surface area contributed by atoms with Gasteiger partial charge in [0.1, 0.15) is 43.0 Å². The van der Waals surface area contributed by atoms with E-state index in [-0.39, 0.29) is 26.5 Å². The molecular formula is C46H52BrF2N13OSi. The second kappa shape index (κ2) is 22.0. The topological polar surface area (TPSA) is 146 Å². The first-order chi connectivity index (χ1) is 30.1. The quantitative estimate of drug-likeness (QED) is 0.110. The van der Waals surface area contributed by atoms with E-state index in [4.69, 9.17) is 9.84 Å². The van der Waals surface area contributed by atoms with Gasteiger partial charge in [0.05, 0.1) is 11.9 Å². The molecule has 10 aromatic rings. The second-order valence-corrected chi connectivity index (χ2v) is 21.5. The number of rotatable bonds is 9. The third-order valence-electron chi connectivity index (χ3n) is 9.33. The highest BCUT2D eigenvalue weighted by atomic mass is 79.9. The van der Waals surface area contributed by atoms with Crippen LogP contribution in [-0.2, 0) is 11.5 Å². The predicted molar refractivity (Wildman–Crippen MR) is 255 cm³/mol. The van der Waals surface area contributed by atoms with Crippen molar-refractivity contribution in [2.24, 2.45) is 0 Å². The van der Waals surface area contributed by atoms with E-state index >= 15 is 0 Å². The van der Waals surface area contributed by atoms with Crippen LogP contribution in [0.4, 0.5) is 8.78 Å². The summed E-state index contributed by atoms with van der Waals surface area (Å²) in [6, 6.07) is 25.4. The Kier molecular flexibility index (Phi) is 16.6.